The van der Waals surface area contributed by atoms with E-state index in [9.17, 15) is 0 Å². The highest BCUT2D eigenvalue weighted by Gasteiger charge is 2.32. The van der Waals surface area contributed by atoms with Gasteiger partial charge in [0.1, 0.15) is 17.5 Å². The van der Waals surface area contributed by atoms with E-state index in [0.717, 1.165) is 24.6 Å². The van der Waals surface area contributed by atoms with Gasteiger partial charge in [0.15, 0.2) is 0 Å². The van der Waals surface area contributed by atoms with Gasteiger partial charge in [-0.25, -0.2) is 9.97 Å². The number of nitrogens with zero attached hydrogens (tertiary/aromatic N) is 2. The van der Waals surface area contributed by atoms with Crippen LogP contribution in [0.15, 0.2) is 6.07 Å². The molecule has 0 spiro atoms. The Morgan fingerprint density at radius 3 is 2.72 bits per heavy atom. The van der Waals surface area contributed by atoms with Crippen molar-refractivity contribution < 1.29 is 0 Å². The Kier molecular flexibility index (Phi) is 4.32. The molecule has 1 fully saturated rings. The van der Waals surface area contributed by atoms with Gasteiger partial charge < -0.3 is 11.1 Å². The normalized spacial score (nSPS) is 17.9. The van der Waals surface area contributed by atoms with Crippen LogP contribution in [-0.4, -0.2) is 27.5 Å². The molecule has 100 valence electrons. The lowest BCUT2D eigenvalue weighted by atomic mass is 10.1. The van der Waals surface area contributed by atoms with Crippen molar-refractivity contribution in [3.63, 3.8) is 0 Å². The molecule has 0 aliphatic heterocycles. The molecule has 0 unspecified atom stereocenters. The number of thioether (sulfide) groups is 1. The number of rotatable bonds is 5. The second-order valence-electron chi connectivity index (χ2n) is 4.90. The van der Waals surface area contributed by atoms with Gasteiger partial charge in [0.2, 0.25) is 0 Å². The minimum atomic E-state index is 0.381. The van der Waals surface area contributed by atoms with Crippen LogP contribution in [-0.2, 0) is 6.42 Å². The number of aromatic nitrogens is 2. The lowest BCUT2D eigenvalue weighted by Gasteiger charge is -2.27. The lowest BCUT2D eigenvalue weighted by Crippen LogP contribution is -2.30. The second-order valence-corrected chi connectivity index (χ2v) is 6.17. The zero-order valence-electron chi connectivity index (χ0n) is 11.2. The van der Waals surface area contributed by atoms with Gasteiger partial charge in [-0.1, -0.05) is 19.8 Å². The first-order valence-corrected chi connectivity index (χ1v) is 7.82. The highest BCUT2D eigenvalue weighted by atomic mass is 32.2. The molecule has 2 rings (SSSR count). The van der Waals surface area contributed by atoms with Crippen molar-refractivity contribution in [1.82, 2.24) is 9.97 Å². The largest absolute Gasteiger partial charge is 0.384 e. The van der Waals surface area contributed by atoms with Gasteiger partial charge in [-0.2, -0.15) is 11.8 Å². The van der Waals surface area contributed by atoms with Gasteiger partial charge in [-0.05, 0) is 19.1 Å². The Hall–Kier alpha value is -0.970. The number of nitrogens with two attached hydrogens (primary N) is 1. The summed E-state index contributed by atoms with van der Waals surface area (Å²) in [5.74, 6) is 2.22. The van der Waals surface area contributed by atoms with Crippen molar-refractivity contribution in [3.8, 4) is 0 Å². The Labute approximate surface area is 113 Å². The summed E-state index contributed by atoms with van der Waals surface area (Å²) < 4.78 is 0.381. The fourth-order valence-electron chi connectivity index (χ4n) is 2.49. The van der Waals surface area contributed by atoms with Crippen molar-refractivity contribution in [1.29, 1.82) is 0 Å². The predicted molar refractivity (Wildman–Crippen MR) is 79.0 cm³/mol. The summed E-state index contributed by atoms with van der Waals surface area (Å²) in [7, 11) is 0. The van der Waals surface area contributed by atoms with Crippen LogP contribution in [0, 0.1) is 0 Å². The molecular weight excluding hydrogens is 244 g/mol. The van der Waals surface area contributed by atoms with Crippen molar-refractivity contribution in [2.24, 2.45) is 0 Å². The topological polar surface area (TPSA) is 63.8 Å². The molecule has 0 aromatic carbocycles. The maximum absolute atomic E-state index is 5.79. The molecule has 0 radical (unpaired) electrons. The third-order valence-electron chi connectivity index (χ3n) is 3.65. The minimum Gasteiger partial charge on any atom is -0.384 e. The summed E-state index contributed by atoms with van der Waals surface area (Å²) >= 11 is 1.98. The average molecular weight is 266 g/mol. The molecule has 1 aliphatic carbocycles. The quantitative estimate of drug-likeness (QED) is 0.858. The summed E-state index contributed by atoms with van der Waals surface area (Å²) in [6.45, 7) is 3.01. The predicted octanol–water partition coefficient (Wildman–Crippen LogP) is 2.71. The van der Waals surface area contributed by atoms with Crippen molar-refractivity contribution in [2.45, 2.75) is 43.8 Å². The van der Waals surface area contributed by atoms with Gasteiger partial charge in [0, 0.05) is 23.8 Å². The standard InChI is InChI=1S/C13H22N4S/c1-3-11-16-10(14)8-12(17-11)15-9-13(18-2)6-4-5-7-13/h8H,3-7,9H2,1-2H3,(H3,14,15,16,17). The van der Waals surface area contributed by atoms with Crippen LogP contribution in [0.2, 0.25) is 0 Å². The van der Waals surface area contributed by atoms with Crippen molar-refractivity contribution >= 4 is 23.4 Å². The summed E-state index contributed by atoms with van der Waals surface area (Å²) in [6, 6.07) is 1.82. The molecular formula is C13H22N4S. The van der Waals surface area contributed by atoms with Crippen LogP contribution < -0.4 is 11.1 Å². The van der Waals surface area contributed by atoms with E-state index in [2.05, 4.69) is 21.5 Å². The molecule has 4 nitrogen and oxygen atoms in total. The van der Waals surface area contributed by atoms with Crippen LogP contribution in [0.3, 0.4) is 0 Å². The SMILES string of the molecule is CCc1nc(N)cc(NCC2(SC)CCCC2)n1. The number of anilines is 2. The molecule has 1 aliphatic rings. The number of nitrogens with one attached hydrogen (secondary N) is 1. The zero-order chi connectivity index (χ0) is 13.0. The van der Waals surface area contributed by atoms with E-state index in [1.165, 1.54) is 25.7 Å². The van der Waals surface area contributed by atoms with E-state index in [-0.39, 0.29) is 0 Å². The Morgan fingerprint density at radius 2 is 2.11 bits per heavy atom. The number of hydrogen-bond donors (Lipinski definition) is 2. The zero-order valence-corrected chi connectivity index (χ0v) is 12.0. The first-order valence-electron chi connectivity index (χ1n) is 6.60. The third kappa shape index (κ3) is 3.07. The van der Waals surface area contributed by atoms with Crippen LogP contribution >= 0.6 is 11.8 Å². The maximum Gasteiger partial charge on any atom is 0.132 e. The van der Waals surface area contributed by atoms with Crippen LogP contribution in [0.5, 0.6) is 0 Å². The third-order valence-corrected chi connectivity index (χ3v) is 5.07. The van der Waals surface area contributed by atoms with Crippen LogP contribution in [0.4, 0.5) is 11.6 Å². The molecule has 0 amide bonds. The number of aryl methyl sites for hydroxylation is 1. The highest BCUT2D eigenvalue weighted by Crippen LogP contribution is 2.40. The van der Waals surface area contributed by atoms with Gasteiger partial charge in [-0.15, -0.1) is 0 Å². The highest BCUT2D eigenvalue weighted by molar-refractivity contribution is 8.00. The Balaban J connectivity index is 2.03. The van der Waals surface area contributed by atoms with Crippen molar-refractivity contribution in [2.75, 3.05) is 23.9 Å². The summed E-state index contributed by atoms with van der Waals surface area (Å²) in [6.07, 6.45) is 8.29. The maximum atomic E-state index is 5.79. The summed E-state index contributed by atoms with van der Waals surface area (Å²) in [5.41, 5.74) is 5.79. The van der Waals surface area contributed by atoms with E-state index in [1.54, 1.807) is 0 Å². The van der Waals surface area contributed by atoms with Gasteiger partial charge in [-0.3, -0.25) is 0 Å². The van der Waals surface area contributed by atoms with Crippen LogP contribution in [0.1, 0.15) is 38.4 Å². The van der Waals surface area contributed by atoms with E-state index in [1.807, 2.05) is 24.8 Å². The Morgan fingerprint density at radius 1 is 1.39 bits per heavy atom. The smallest absolute Gasteiger partial charge is 0.132 e. The van der Waals surface area contributed by atoms with E-state index >= 15 is 0 Å². The molecule has 1 aromatic heterocycles. The molecule has 5 heteroatoms. The van der Waals surface area contributed by atoms with E-state index in [0.29, 0.717) is 10.6 Å². The first kappa shape index (κ1) is 13.5. The van der Waals surface area contributed by atoms with Crippen molar-refractivity contribution in [3.05, 3.63) is 11.9 Å². The van der Waals surface area contributed by atoms with Crippen LogP contribution in [0.25, 0.3) is 0 Å². The molecule has 1 heterocycles. The summed E-state index contributed by atoms with van der Waals surface area (Å²) in [4.78, 5) is 8.66. The molecule has 1 saturated carbocycles. The monoisotopic (exact) mass is 266 g/mol. The average Bonchev–Trinajstić information content (AvgIpc) is 2.85. The van der Waals surface area contributed by atoms with E-state index < -0.39 is 0 Å². The number of nitrogen functional groups attached to an aromatic ring is 1. The van der Waals surface area contributed by atoms with Gasteiger partial charge in [0.05, 0.1) is 0 Å². The van der Waals surface area contributed by atoms with Gasteiger partial charge in [0.25, 0.3) is 0 Å². The number of hydrogen-bond acceptors (Lipinski definition) is 5. The fourth-order valence-corrected chi connectivity index (χ4v) is 3.40. The second kappa shape index (κ2) is 5.78. The molecule has 3 N–H and O–H groups in total. The fraction of sp³-hybridized carbons (Fsp3) is 0.692. The lowest BCUT2D eigenvalue weighted by molar-refractivity contribution is 0.638. The summed E-state index contributed by atoms with van der Waals surface area (Å²) in [5, 5.41) is 3.44. The minimum absolute atomic E-state index is 0.381. The molecule has 0 atom stereocenters. The van der Waals surface area contributed by atoms with E-state index in [4.69, 9.17) is 5.73 Å². The Bertz CT molecular complexity index is 402. The first-order chi connectivity index (χ1) is 8.67. The molecule has 0 saturated heterocycles. The molecule has 18 heavy (non-hydrogen) atoms. The van der Waals surface area contributed by atoms with Gasteiger partial charge >= 0.3 is 0 Å². The molecule has 0 bridgehead atoms. The molecule has 1 aromatic rings.